The van der Waals surface area contributed by atoms with Gasteiger partial charge in [0, 0.05) is 30.2 Å². The van der Waals surface area contributed by atoms with Crippen LogP contribution >= 0.6 is 11.3 Å². The molecule has 3 heterocycles. The number of benzene rings is 1. The van der Waals surface area contributed by atoms with E-state index < -0.39 is 17.7 Å². The van der Waals surface area contributed by atoms with Gasteiger partial charge in [0.15, 0.2) is 5.82 Å². The van der Waals surface area contributed by atoms with Crippen LogP contribution in [0.3, 0.4) is 0 Å². The Morgan fingerprint density at radius 1 is 1.31 bits per heavy atom. The monoisotopic (exact) mass is 461 g/mol. The Labute approximate surface area is 185 Å². The molecule has 0 saturated heterocycles. The average molecular weight is 461 g/mol. The molecule has 1 aromatic carbocycles. The number of carbonyl (C=O) groups is 1. The van der Waals surface area contributed by atoms with E-state index in [1.54, 1.807) is 24.6 Å². The van der Waals surface area contributed by atoms with E-state index in [0.717, 1.165) is 6.07 Å². The molecule has 0 unspecified atom stereocenters. The minimum Gasteiger partial charge on any atom is -0.396 e. The van der Waals surface area contributed by atoms with Crippen LogP contribution in [0.2, 0.25) is 0 Å². The van der Waals surface area contributed by atoms with E-state index in [1.807, 2.05) is 0 Å². The van der Waals surface area contributed by atoms with Crippen molar-refractivity contribution in [3.8, 4) is 11.3 Å². The highest BCUT2D eigenvalue weighted by Gasteiger charge is 2.23. The second-order valence-electron chi connectivity index (χ2n) is 7.33. The lowest BCUT2D eigenvalue weighted by Crippen LogP contribution is -2.26. The van der Waals surface area contributed by atoms with Gasteiger partial charge in [-0.2, -0.15) is 10.1 Å². The number of aromatic nitrogens is 4. The molecule has 168 valence electrons. The van der Waals surface area contributed by atoms with E-state index in [-0.39, 0.29) is 18.1 Å². The van der Waals surface area contributed by atoms with Crippen molar-refractivity contribution < 1.29 is 23.2 Å². The Balaban J connectivity index is 1.69. The lowest BCUT2D eigenvalue weighted by Gasteiger charge is -2.08. The summed E-state index contributed by atoms with van der Waals surface area (Å²) in [6.07, 6.45) is 1.24. The van der Waals surface area contributed by atoms with E-state index in [0.29, 0.717) is 51.9 Å². The minimum absolute atomic E-state index is 0.0506. The maximum atomic E-state index is 14.5. The van der Waals surface area contributed by atoms with Crippen LogP contribution in [0.15, 0.2) is 28.8 Å². The maximum absolute atomic E-state index is 14.5. The summed E-state index contributed by atoms with van der Waals surface area (Å²) in [5.41, 5.74) is 0.481. The molecule has 0 radical (unpaired) electrons. The smallest absolute Gasteiger partial charge is 0.262 e. The number of carbonyl (C=O) groups excluding carboxylic acids is 1. The molecular weight excluding hydrogens is 440 g/mol. The van der Waals surface area contributed by atoms with Gasteiger partial charge < -0.3 is 14.9 Å². The number of rotatable bonds is 8. The van der Waals surface area contributed by atoms with Crippen molar-refractivity contribution in [3.05, 3.63) is 52.5 Å². The molecule has 1 atom stereocenters. The zero-order valence-electron chi connectivity index (χ0n) is 17.4. The van der Waals surface area contributed by atoms with Crippen molar-refractivity contribution in [2.24, 2.45) is 0 Å². The third-order valence-electron chi connectivity index (χ3n) is 4.87. The van der Waals surface area contributed by atoms with Gasteiger partial charge in [-0.3, -0.25) is 9.48 Å². The zero-order valence-corrected chi connectivity index (χ0v) is 18.2. The van der Waals surface area contributed by atoms with Crippen LogP contribution in [-0.2, 0) is 6.54 Å². The molecule has 8 nitrogen and oxygen atoms in total. The van der Waals surface area contributed by atoms with Crippen LogP contribution < -0.4 is 5.32 Å². The molecule has 0 aliphatic rings. The van der Waals surface area contributed by atoms with Crippen molar-refractivity contribution >= 4 is 27.5 Å². The predicted octanol–water partition coefficient (Wildman–Crippen LogP) is 4.00. The van der Waals surface area contributed by atoms with Crippen molar-refractivity contribution in [2.45, 2.75) is 39.3 Å². The summed E-state index contributed by atoms with van der Waals surface area (Å²) in [6, 6.07) is 4.46. The molecule has 4 rings (SSSR count). The van der Waals surface area contributed by atoms with Crippen LogP contribution in [0.1, 0.15) is 47.2 Å². The molecule has 4 aromatic rings. The van der Waals surface area contributed by atoms with Crippen LogP contribution in [0.25, 0.3) is 21.5 Å². The minimum atomic E-state index is -0.732. The number of nitrogens with zero attached hydrogens (tertiary/aromatic N) is 4. The number of aliphatic hydroxyl groups is 1. The van der Waals surface area contributed by atoms with E-state index in [4.69, 9.17) is 9.63 Å². The Morgan fingerprint density at radius 3 is 2.81 bits per heavy atom. The summed E-state index contributed by atoms with van der Waals surface area (Å²) in [4.78, 5) is 18.1. The van der Waals surface area contributed by atoms with E-state index in [9.17, 15) is 13.6 Å². The number of nitrogens with one attached hydrogen (secondary N) is 1. The third-order valence-corrected chi connectivity index (χ3v) is 6.02. The number of thiophene rings is 1. The molecular formula is C21H21F2N5O3S. The normalized spacial score (nSPS) is 12.4. The topological polar surface area (TPSA) is 106 Å². The van der Waals surface area contributed by atoms with Gasteiger partial charge in [0.2, 0.25) is 5.89 Å². The first-order valence-electron chi connectivity index (χ1n) is 10.0. The summed E-state index contributed by atoms with van der Waals surface area (Å²) in [5.74, 6) is -0.995. The highest BCUT2D eigenvalue weighted by Crippen LogP contribution is 2.35. The maximum Gasteiger partial charge on any atom is 0.262 e. The summed E-state index contributed by atoms with van der Waals surface area (Å²) in [7, 11) is 0. The molecule has 0 fully saturated rings. The van der Waals surface area contributed by atoms with Crippen LogP contribution in [-0.4, -0.2) is 37.5 Å². The molecule has 0 aliphatic heterocycles. The fourth-order valence-electron chi connectivity index (χ4n) is 3.30. The Kier molecular flexibility index (Phi) is 6.28. The first-order valence-corrected chi connectivity index (χ1v) is 10.9. The standard InChI is InChI=1S/C21H21F2N5O3S/c1-11(20-25-12(2)27-31-20)24-19(30)17-10-15-18(14-6-5-13(22)9-16(14)23)26-28(21(15)32-17)7-3-4-8-29/h5-6,9-11,29H,3-4,7-8H2,1-2H3,(H,24,30)/t11-/m1/s1. The van der Waals surface area contributed by atoms with Crippen LogP contribution in [0.4, 0.5) is 8.78 Å². The molecule has 32 heavy (non-hydrogen) atoms. The van der Waals surface area contributed by atoms with Crippen molar-refractivity contribution in [2.75, 3.05) is 6.61 Å². The Bertz CT molecular complexity index is 1270. The number of aryl methyl sites for hydroxylation is 2. The second kappa shape index (κ2) is 9.13. The number of fused-ring (bicyclic) bond motifs is 1. The number of unbranched alkanes of at least 4 members (excludes halogenated alkanes) is 1. The quantitative estimate of drug-likeness (QED) is 0.384. The Hall–Kier alpha value is -3.18. The van der Waals surface area contributed by atoms with Crippen molar-refractivity contribution in [3.63, 3.8) is 0 Å². The van der Waals surface area contributed by atoms with Gasteiger partial charge in [0.05, 0.1) is 4.88 Å². The van der Waals surface area contributed by atoms with Gasteiger partial charge in [0.1, 0.15) is 28.2 Å². The van der Waals surface area contributed by atoms with E-state index >= 15 is 0 Å². The number of halogens is 2. The molecule has 1 amide bonds. The van der Waals surface area contributed by atoms with Gasteiger partial charge in [0.25, 0.3) is 5.91 Å². The second-order valence-corrected chi connectivity index (χ2v) is 8.36. The number of amides is 1. The van der Waals surface area contributed by atoms with E-state index in [2.05, 4.69) is 20.6 Å². The van der Waals surface area contributed by atoms with Gasteiger partial charge in [-0.15, -0.1) is 11.3 Å². The molecule has 2 N–H and O–H groups in total. The number of hydrogen-bond donors (Lipinski definition) is 2. The highest BCUT2D eigenvalue weighted by molar-refractivity contribution is 7.20. The zero-order chi connectivity index (χ0) is 22.8. The third kappa shape index (κ3) is 4.39. The molecule has 0 saturated carbocycles. The summed E-state index contributed by atoms with van der Waals surface area (Å²) >= 11 is 1.22. The average Bonchev–Trinajstić information content (AvgIpc) is 3.44. The number of aliphatic hydroxyl groups excluding tert-OH is 1. The van der Waals surface area contributed by atoms with Crippen LogP contribution in [0.5, 0.6) is 0 Å². The highest BCUT2D eigenvalue weighted by atomic mass is 32.1. The van der Waals surface area contributed by atoms with Gasteiger partial charge >= 0.3 is 0 Å². The lowest BCUT2D eigenvalue weighted by molar-refractivity contribution is 0.0936. The molecule has 11 heteroatoms. The fourth-order valence-corrected chi connectivity index (χ4v) is 4.34. The molecule has 3 aromatic heterocycles. The molecule has 0 spiro atoms. The van der Waals surface area contributed by atoms with Gasteiger partial charge in [-0.25, -0.2) is 8.78 Å². The summed E-state index contributed by atoms with van der Waals surface area (Å²) < 4.78 is 34.7. The lowest BCUT2D eigenvalue weighted by atomic mass is 10.1. The molecule has 0 bridgehead atoms. The van der Waals surface area contributed by atoms with Crippen LogP contribution in [0, 0.1) is 18.6 Å². The number of hydrogen-bond acceptors (Lipinski definition) is 7. The largest absolute Gasteiger partial charge is 0.396 e. The van der Waals surface area contributed by atoms with Gasteiger partial charge in [-0.1, -0.05) is 5.16 Å². The fraction of sp³-hybridized carbons (Fsp3) is 0.333. The molecule has 0 aliphatic carbocycles. The van der Waals surface area contributed by atoms with Crippen molar-refractivity contribution in [1.29, 1.82) is 0 Å². The first kappa shape index (κ1) is 22.0. The first-order chi connectivity index (χ1) is 15.4. The summed E-state index contributed by atoms with van der Waals surface area (Å²) in [5, 5.41) is 20.7. The van der Waals surface area contributed by atoms with Crippen molar-refractivity contribution in [1.82, 2.24) is 25.2 Å². The predicted molar refractivity (Wildman–Crippen MR) is 114 cm³/mol. The van der Waals surface area contributed by atoms with Gasteiger partial charge in [-0.05, 0) is 44.9 Å². The SMILES string of the molecule is Cc1noc([C@@H](C)NC(=O)c2cc3c(-c4ccc(F)cc4F)nn(CCCCO)c3s2)n1. The summed E-state index contributed by atoms with van der Waals surface area (Å²) in [6.45, 7) is 3.95. The Morgan fingerprint density at radius 2 is 2.12 bits per heavy atom. The van der Waals surface area contributed by atoms with E-state index in [1.165, 1.54) is 23.5 Å².